The molecule has 0 rings (SSSR count). The molecule has 0 aliphatic heterocycles. The van der Waals surface area contributed by atoms with Crippen LogP contribution in [-0.4, -0.2) is 16.2 Å². The van der Waals surface area contributed by atoms with Crippen molar-refractivity contribution in [1.29, 1.82) is 0 Å². The van der Waals surface area contributed by atoms with E-state index in [1.807, 2.05) is 0 Å². The summed E-state index contributed by atoms with van der Waals surface area (Å²) in [4.78, 5) is 0. The van der Waals surface area contributed by atoms with Crippen LogP contribution in [0.3, 0.4) is 0 Å². The zero-order chi connectivity index (χ0) is 9.94. The molecule has 0 aliphatic carbocycles. The molecule has 1 nitrogen and oxygen atoms in total. The lowest BCUT2D eigenvalue weighted by atomic mass is 10.1. The van der Waals surface area contributed by atoms with Gasteiger partial charge in [-0.25, -0.2) is 0 Å². The van der Waals surface area contributed by atoms with Gasteiger partial charge in [-0.2, -0.15) is 0 Å². The highest BCUT2D eigenvalue weighted by Gasteiger charge is 1.93. The van der Waals surface area contributed by atoms with Crippen molar-refractivity contribution in [2.24, 2.45) is 0 Å². The summed E-state index contributed by atoms with van der Waals surface area (Å²) in [6.07, 6.45) is 12.4. The maximum absolute atomic E-state index is 10.7. The van der Waals surface area contributed by atoms with Gasteiger partial charge in [-0.05, 0) is 6.42 Å². The van der Waals surface area contributed by atoms with E-state index in [4.69, 9.17) is 0 Å². The normalized spacial score (nSPS) is 13.1. The number of rotatable bonds is 9. The molecule has 0 aromatic rings. The Morgan fingerprint density at radius 1 is 0.846 bits per heavy atom. The van der Waals surface area contributed by atoms with Crippen LogP contribution in [0.15, 0.2) is 0 Å². The van der Waals surface area contributed by atoms with E-state index in [1.165, 1.54) is 44.9 Å². The second-order valence-electron chi connectivity index (χ2n) is 3.75. The SMILES string of the molecule is CCCCCCCCCC[S@](C)=O. The first-order valence-electron chi connectivity index (χ1n) is 5.57. The fraction of sp³-hybridized carbons (Fsp3) is 1.00. The first-order chi connectivity index (χ1) is 6.27. The van der Waals surface area contributed by atoms with Gasteiger partial charge in [0.05, 0.1) is 0 Å². The van der Waals surface area contributed by atoms with Gasteiger partial charge >= 0.3 is 0 Å². The van der Waals surface area contributed by atoms with E-state index in [0.29, 0.717) is 0 Å². The van der Waals surface area contributed by atoms with Crippen molar-refractivity contribution in [2.45, 2.75) is 58.3 Å². The van der Waals surface area contributed by atoms with Gasteiger partial charge in [-0.1, -0.05) is 51.9 Å². The highest BCUT2D eigenvalue weighted by Crippen LogP contribution is 2.08. The van der Waals surface area contributed by atoms with E-state index in [-0.39, 0.29) is 0 Å². The topological polar surface area (TPSA) is 17.1 Å². The highest BCUT2D eigenvalue weighted by molar-refractivity contribution is 7.84. The van der Waals surface area contributed by atoms with Gasteiger partial charge in [0.15, 0.2) is 0 Å². The van der Waals surface area contributed by atoms with Crippen molar-refractivity contribution >= 4 is 10.8 Å². The Bertz CT molecular complexity index is 123. The molecule has 80 valence electrons. The van der Waals surface area contributed by atoms with Gasteiger partial charge in [0.2, 0.25) is 0 Å². The average molecular weight is 204 g/mol. The third-order valence-corrected chi connectivity index (χ3v) is 3.15. The molecule has 0 N–H and O–H groups in total. The van der Waals surface area contributed by atoms with Crippen LogP contribution in [0.5, 0.6) is 0 Å². The Balaban J connectivity index is 2.87. The molecule has 0 aromatic carbocycles. The van der Waals surface area contributed by atoms with E-state index in [2.05, 4.69) is 6.92 Å². The second kappa shape index (κ2) is 10.2. The molecule has 0 bridgehead atoms. The van der Waals surface area contributed by atoms with Gasteiger partial charge < -0.3 is 0 Å². The van der Waals surface area contributed by atoms with Crippen LogP contribution < -0.4 is 0 Å². The zero-order valence-electron chi connectivity index (χ0n) is 9.18. The van der Waals surface area contributed by atoms with Crippen LogP contribution in [0.4, 0.5) is 0 Å². The lowest BCUT2D eigenvalue weighted by molar-refractivity contribution is 0.585. The summed E-state index contributed by atoms with van der Waals surface area (Å²) in [5.74, 6) is 0.898. The third kappa shape index (κ3) is 12.1. The molecule has 0 saturated heterocycles. The zero-order valence-corrected chi connectivity index (χ0v) is 10.00. The van der Waals surface area contributed by atoms with Crippen LogP contribution in [0, 0.1) is 0 Å². The van der Waals surface area contributed by atoms with Gasteiger partial charge in [0, 0.05) is 22.8 Å². The minimum atomic E-state index is -0.576. The molecule has 0 saturated carbocycles. The second-order valence-corrected chi connectivity index (χ2v) is 5.31. The summed E-state index contributed by atoms with van der Waals surface area (Å²) >= 11 is 0. The van der Waals surface area contributed by atoms with E-state index >= 15 is 0 Å². The molecule has 2 heteroatoms. The molecular weight excluding hydrogens is 180 g/mol. The molecule has 0 aliphatic rings. The largest absolute Gasteiger partial charge is 0.260 e. The fourth-order valence-corrected chi connectivity index (χ4v) is 2.05. The van der Waals surface area contributed by atoms with E-state index in [0.717, 1.165) is 12.2 Å². The summed E-state index contributed by atoms with van der Waals surface area (Å²) < 4.78 is 10.7. The quantitative estimate of drug-likeness (QED) is 0.525. The average Bonchev–Trinajstić information content (AvgIpc) is 2.09. The Morgan fingerprint density at radius 3 is 1.77 bits per heavy atom. The molecule has 0 radical (unpaired) electrons. The number of hydrogen-bond acceptors (Lipinski definition) is 1. The molecular formula is C11H24OS. The van der Waals surface area contributed by atoms with Crippen LogP contribution in [0.2, 0.25) is 0 Å². The Labute approximate surface area is 85.8 Å². The Hall–Kier alpha value is 0.150. The van der Waals surface area contributed by atoms with Crippen molar-refractivity contribution in [3.05, 3.63) is 0 Å². The molecule has 0 heterocycles. The van der Waals surface area contributed by atoms with Crippen molar-refractivity contribution in [3.8, 4) is 0 Å². The minimum Gasteiger partial charge on any atom is -0.260 e. The van der Waals surface area contributed by atoms with Crippen LogP contribution in [-0.2, 0) is 10.8 Å². The molecule has 0 fully saturated rings. The first kappa shape index (κ1) is 13.2. The summed E-state index contributed by atoms with van der Waals surface area (Å²) in [6.45, 7) is 2.25. The van der Waals surface area contributed by atoms with Crippen molar-refractivity contribution in [3.63, 3.8) is 0 Å². The van der Waals surface area contributed by atoms with Crippen LogP contribution >= 0.6 is 0 Å². The van der Waals surface area contributed by atoms with Crippen molar-refractivity contribution in [2.75, 3.05) is 12.0 Å². The molecule has 1 atom stereocenters. The number of unbranched alkanes of at least 4 members (excludes halogenated alkanes) is 7. The molecule has 0 aromatic heterocycles. The smallest absolute Gasteiger partial charge is 0.0232 e. The fourth-order valence-electron chi connectivity index (χ4n) is 1.44. The Kier molecular flexibility index (Phi) is 10.4. The summed E-state index contributed by atoms with van der Waals surface area (Å²) in [7, 11) is -0.576. The van der Waals surface area contributed by atoms with Gasteiger partial charge in [0.1, 0.15) is 0 Å². The number of hydrogen-bond donors (Lipinski definition) is 0. The standard InChI is InChI=1S/C11H24OS/c1-3-4-5-6-7-8-9-10-11-13(2)12/h3-11H2,1-2H3/t13-/m0/s1. The predicted octanol–water partition coefficient (Wildman–Crippen LogP) is 3.51. The molecule has 13 heavy (non-hydrogen) atoms. The monoisotopic (exact) mass is 204 g/mol. The van der Waals surface area contributed by atoms with Crippen LogP contribution in [0.25, 0.3) is 0 Å². The molecule has 0 spiro atoms. The van der Waals surface area contributed by atoms with E-state index < -0.39 is 10.8 Å². The lowest BCUT2D eigenvalue weighted by Gasteiger charge is -2.00. The maximum Gasteiger partial charge on any atom is 0.0232 e. The lowest BCUT2D eigenvalue weighted by Crippen LogP contribution is -1.93. The summed E-state index contributed by atoms with van der Waals surface area (Å²) in [5.41, 5.74) is 0. The molecule has 0 unspecified atom stereocenters. The van der Waals surface area contributed by atoms with Crippen molar-refractivity contribution < 1.29 is 4.21 Å². The highest BCUT2D eigenvalue weighted by atomic mass is 32.2. The Morgan fingerprint density at radius 2 is 1.31 bits per heavy atom. The first-order valence-corrected chi connectivity index (χ1v) is 7.30. The maximum atomic E-state index is 10.7. The van der Waals surface area contributed by atoms with Gasteiger partial charge in [0.25, 0.3) is 0 Å². The molecule has 0 amide bonds. The predicted molar refractivity (Wildman–Crippen MR) is 61.5 cm³/mol. The minimum absolute atomic E-state index is 0.576. The summed E-state index contributed by atoms with van der Waals surface area (Å²) in [5, 5.41) is 0. The van der Waals surface area contributed by atoms with Gasteiger partial charge in [-0.15, -0.1) is 0 Å². The third-order valence-electron chi connectivity index (χ3n) is 2.29. The summed E-state index contributed by atoms with van der Waals surface area (Å²) in [6, 6.07) is 0. The van der Waals surface area contributed by atoms with E-state index in [1.54, 1.807) is 6.26 Å². The van der Waals surface area contributed by atoms with Crippen molar-refractivity contribution in [1.82, 2.24) is 0 Å². The van der Waals surface area contributed by atoms with E-state index in [9.17, 15) is 4.21 Å². The van der Waals surface area contributed by atoms with Gasteiger partial charge in [-0.3, -0.25) is 4.21 Å². The van der Waals surface area contributed by atoms with Crippen LogP contribution in [0.1, 0.15) is 58.3 Å².